The molecule has 1 aromatic carbocycles. The molecule has 0 aliphatic carbocycles. The summed E-state index contributed by atoms with van der Waals surface area (Å²) >= 11 is 6.08. The molecule has 2 aromatic rings. The Labute approximate surface area is 124 Å². The van der Waals surface area contributed by atoms with E-state index in [1.165, 1.54) is 12.1 Å². The summed E-state index contributed by atoms with van der Waals surface area (Å²) < 4.78 is 14.1. The Bertz CT molecular complexity index is 731. The molecule has 1 amide bonds. The molecule has 2 heterocycles. The van der Waals surface area contributed by atoms with Crippen molar-refractivity contribution in [2.75, 3.05) is 16.8 Å². The van der Waals surface area contributed by atoms with E-state index in [9.17, 15) is 9.18 Å². The van der Waals surface area contributed by atoms with Crippen molar-refractivity contribution in [3.05, 3.63) is 40.2 Å². The molecule has 6 nitrogen and oxygen atoms in total. The molecule has 1 aromatic heterocycles. The van der Waals surface area contributed by atoms with Crippen LogP contribution in [-0.4, -0.2) is 15.9 Å². The Morgan fingerprint density at radius 1 is 1.29 bits per heavy atom. The fourth-order valence-electron chi connectivity index (χ4n) is 2.50. The summed E-state index contributed by atoms with van der Waals surface area (Å²) in [5.74, 6) is -1.24. The van der Waals surface area contributed by atoms with E-state index in [0.29, 0.717) is 5.56 Å². The number of fused-ring (bicyclic) bond motifs is 1. The highest BCUT2D eigenvalue weighted by atomic mass is 35.5. The second-order valence-electron chi connectivity index (χ2n) is 4.67. The van der Waals surface area contributed by atoms with Crippen molar-refractivity contribution in [1.82, 2.24) is 9.97 Å². The monoisotopic (exact) mass is 307 g/mol. The van der Waals surface area contributed by atoms with Gasteiger partial charge in [-0.2, -0.15) is 9.97 Å². The summed E-state index contributed by atoms with van der Waals surface area (Å²) in [5.41, 5.74) is 12.0. The molecule has 0 fully saturated rings. The number of nitrogen functional groups attached to an aromatic ring is 2. The molecule has 1 aliphatic heterocycles. The fraction of sp³-hybridized carbons (Fsp3) is 0.154. The molecule has 3 rings (SSSR count). The van der Waals surface area contributed by atoms with Crippen LogP contribution in [-0.2, 0) is 4.79 Å². The summed E-state index contributed by atoms with van der Waals surface area (Å²) in [6.07, 6.45) is 0.00509. The van der Waals surface area contributed by atoms with E-state index < -0.39 is 11.7 Å². The average molecular weight is 308 g/mol. The predicted octanol–water partition coefficient (Wildman–Crippen LogP) is 1.91. The van der Waals surface area contributed by atoms with Crippen molar-refractivity contribution in [3.8, 4) is 0 Å². The van der Waals surface area contributed by atoms with Crippen molar-refractivity contribution in [2.45, 2.75) is 12.3 Å². The Kier molecular flexibility index (Phi) is 3.13. The summed E-state index contributed by atoms with van der Waals surface area (Å²) in [5, 5.41) is 2.78. The minimum absolute atomic E-state index is 0.00509. The third kappa shape index (κ3) is 2.25. The number of hydrogen-bond donors (Lipinski definition) is 3. The van der Waals surface area contributed by atoms with Crippen molar-refractivity contribution < 1.29 is 9.18 Å². The molecule has 1 aliphatic rings. The SMILES string of the molecule is Nc1nc(N)c2c(n1)NC(=O)CC2c1c(F)cccc1Cl. The predicted molar refractivity (Wildman–Crippen MR) is 77.4 cm³/mol. The molecule has 0 saturated heterocycles. The van der Waals surface area contributed by atoms with Crippen LogP contribution in [0.15, 0.2) is 18.2 Å². The average Bonchev–Trinajstić information content (AvgIpc) is 2.36. The molecule has 8 heteroatoms. The molecular formula is C13H11ClFN5O. The number of rotatable bonds is 1. The maximum Gasteiger partial charge on any atom is 0.226 e. The van der Waals surface area contributed by atoms with E-state index in [0.717, 1.165) is 0 Å². The van der Waals surface area contributed by atoms with Gasteiger partial charge in [0.05, 0.1) is 0 Å². The number of anilines is 3. The van der Waals surface area contributed by atoms with Gasteiger partial charge in [0, 0.05) is 28.5 Å². The van der Waals surface area contributed by atoms with E-state index in [2.05, 4.69) is 15.3 Å². The van der Waals surface area contributed by atoms with Crippen molar-refractivity contribution in [1.29, 1.82) is 0 Å². The van der Waals surface area contributed by atoms with Crippen LogP contribution in [0.2, 0.25) is 5.02 Å². The molecular weight excluding hydrogens is 297 g/mol. The lowest BCUT2D eigenvalue weighted by Crippen LogP contribution is -2.27. The van der Waals surface area contributed by atoms with Crippen LogP contribution in [0.1, 0.15) is 23.5 Å². The number of carbonyl (C=O) groups is 1. The lowest BCUT2D eigenvalue weighted by molar-refractivity contribution is -0.116. The quantitative estimate of drug-likeness (QED) is 0.746. The first-order chi connectivity index (χ1) is 9.97. The number of halogens is 2. The first-order valence-corrected chi connectivity index (χ1v) is 6.51. The van der Waals surface area contributed by atoms with E-state index in [1.54, 1.807) is 6.07 Å². The van der Waals surface area contributed by atoms with Gasteiger partial charge in [0.2, 0.25) is 11.9 Å². The highest BCUT2D eigenvalue weighted by molar-refractivity contribution is 6.31. The Hall–Kier alpha value is -2.41. The Balaban J connectivity index is 2.25. The molecule has 1 unspecified atom stereocenters. The van der Waals surface area contributed by atoms with E-state index in [1.807, 2.05) is 0 Å². The zero-order valence-electron chi connectivity index (χ0n) is 10.7. The van der Waals surface area contributed by atoms with Crippen LogP contribution >= 0.6 is 11.6 Å². The first-order valence-electron chi connectivity index (χ1n) is 6.14. The standard InChI is InChI=1S/C13H11ClFN5O/c14-6-2-1-3-7(15)9(6)5-4-8(21)18-12-10(5)11(16)19-13(17)20-12/h1-3,5H,4H2,(H5,16,17,18,19,20,21). The molecule has 0 spiro atoms. The van der Waals surface area contributed by atoms with Gasteiger partial charge in [-0.1, -0.05) is 17.7 Å². The van der Waals surface area contributed by atoms with E-state index in [4.69, 9.17) is 23.1 Å². The van der Waals surface area contributed by atoms with Crippen LogP contribution < -0.4 is 16.8 Å². The minimum atomic E-state index is -0.650. The van der Waals surface area contributed by atoms with Gasteiger partial charge in [0.25, 0.3) is 0 Å². The van der Waals surface area contributed by atoms with Gasteiger partial charge in [0.15, 0.2) is 0 Å². The number of benzene rings is 1. The number of hydrogen-bond acceptors (Lipinski definition) is 5. The summed E-state index contributed by atoms with van der Waals surface area (Å²) in [7, 11) is 0. The Morgan fingerprint density at radius 3 is 2.76 bits per heavy atom. The van der Waals surface area contributed by atoms with Crippen molar-refractivity contribution >= 4 is 35.1 Å². The topological polar surface area (TPSA) is 107 Å². The largest absolute Gasteiger partial charge is 0.383 e. The maximum atomic E-state index is 14.1. The molecule has 21 heavy (non-hydrogen) atoms. The van der Waals surface area contributed by atoms with Crippen LogP contribution in [0.3, 0.4) is 0 Å². The third-order valence-corrected chi connectivity index (χ3v) is 3.67. The number of nitrogens with one attached hydrogen (secondary N) is 1. The zero-order valence-corrected chi connectivity index (χ0v) is 11.5. The Morgan fingerprint density at radius 2 is 2.05 bits per heavy atom. The number of carbonyl (C=O) groups excluding carboxylic acids is 1. The van der Waals surface area contributed by atoms with Crippen molar-refractivity contribution in [2.24, 2.45) is 0 Å². The number of nitrogens with two attached hydrogens (primary N) is 2. The molecule has 5 N–H and O–H groups in total. The molecule has 1 atom stereocenters. The van der Waals surface area contributed by atoms with E-state index in [-0.39, 0.29) is 40.5 Å². The van der Waals surface area contributed by atoms with Crippen LogP contribution in [0.4, 0.5) is 22.0 Å². The van der Waals surface area contributed by atoms with Gasteiger partial charge >= 0.3 is 0 Å². The van der Waals surface area contributed by atoms with Crippen molar-refractivity contribution in [3.63, 3.8) is 0 Å². The fourth-order valence-corrected chi connectivity index (χ4v) is 2.80. The minimum Gasteiger partial charge on any atom is -0.383 e. The number of aromatic nitrogens is 2. The van der Waals surface area contributed by atoms with Gasteiger partial charge in [-0.05, 0) is 12.1 Å². The highest BCUT2D eigenvalue weighted by Crippen LogP contribution is 2.42. The van der Waals surface area contributed by atoms with Crippen LogP contribution in [0, 0.1) is 5.82 Å². The van der Waals surface area contributed by atoms with Crippen LogP contribution in [0.25, 0.3) is 0 Å². The second-order valence-corrected chi connectivity index (χ2v) is 5.08. The first kappa shape index (κ1) is 13.6. The highest BCUT2D eigenvalue weighted by Gasteiger charge is 2.33. The van der Waals surface area contributed by atoms with Crippen LogP contribution in [0.5, 0.6) is 0 Å². The number of amides is 1. The van der Waals surface area contributed by atoms with Gasteiger partial charge in [-0.3, -0.25) is 4.79 Å². The lowest BCUT2D eigenvalue weighted by atomic mass is 9.86. The van der Waals surface area contributed by atoms with Gasteiger partial charge in [-0.25, -0.2) is 4.39 Å². The van der Waals surface area contributed by atoms with Gasteiger partial charge < -0.3 is 16.8 Å². The second kappa shape index (κ2) is 4.85. The summed E-state index contributed by atoms with van der Waals surface area (Å²) in [6, 6.07) is 4.33. The summed E-state index contributed by atoms with van der Waals surface area (Å²) in [4.78, 5) is 19.7. The summed E-state index contributed by atoms with van der Waals surface area (Å²) in [6.45, 7) is 0. The zero-order chi connectivity index (χ0) is 15.1. The molecule has 0 radical (unpaired) electrons. The molecule has 0 bridgehead atoms. The third-order valence-electron chi connectivity index (χ3n) is 3.34. The normalized spacial score (nSPS) is 17.2. The van der Waals surface area contributed by atoms with Gasteiger partial charge in [0.1, 0.15) is 17.5 Å². The molecule has 0 saturated carbocycles. The maximum absolute atomic E-state index is 14.1. The molecule has 108 valence electrons. The van der Waals surface area contributed by atoms with Gasteiger partial charge in [-0.15, -0.1) is 0 Å². The smallest absolute Gasteiger partial charge is 0.226 e. The number of nitrogens with zero attached hydrogens (tertiary/aromatic N) is 2. The lowest BCUT2D eigenvalue weighted by Gasteiger charge is -2.26. The van der Waals surface area contributed by atoms with E-state index >= 15 is 0 Å².